The summed E-state index contributed by atoms with van der Waals surface area (Å²) in [4.78, 5) is 0. The fraction of sp³-hybridized carbons (Fsp3) is 1.00. The first-order chi connectivity index (χ1) is 15.6. The van der Waals surface area contributed by atoms with Gasteiger partial charge in [-0.2, -0.15) is 0 Å². The maximum absolute atomic E-state index is 7.56. The molecule has 0 fully saturated rings. The summed E-state index contributed by atoms with van der Waals surface area (Å²) in [5.74, 6) is 0. The Kier molecular flexibility index (Phi) is 12.8. The molecule has 0 saturated heterocycles. The second-order valence-corrected chi connectivity index (χ2v) is 31.6. The number of rotatable bonds is 18. The summed E-state index contributed by atoms with van der Waals surface area (Å²) in [7, 11) is -0.556. The van der Waals surface area contributed by atoms with Crippen molar-refractivity contribution < 1.29 is 13.3 Å². The Morgan fingerprint density at radius 1 is 0.382 bits per heavy atom. The first-order valence-corrected chi connectivity index (χ1v) is 23.0. The monoisotopic (exact) mass is 542 g/mol. The predicted octanol–water partition coefficient (Wildman–Crippen LogP) is 9.83. The van der Waals surface area contributed by atoms with Gasteiger partial charge in [-0.25, -0.2) is 0 Å². The first kappa shape index (κ1) is 35.2. The third-order valence-corrected chi connectivity index (χ3v) is 35.6. The first-order valence-electron chi connectivity index (χ1n) is 14.7. The van der Waals surface area contributed by atoms with Crippen LogP contribution in [-0.4, -0.2) is 79.8 Å². The van der Waals surface area contributed by atoms with E-state index in [1.807, 2.05) is 0 Å². The Hall–Kier alpha value is 1.23. The Balaban J connectivity index is 7.24. The molecule has 0 atom stereocenters. The number of hydrogen-bond acceptors (Lipinski definition) is 3. The number of hydrogen-bond donors (Lipinski definition) is 0. The van der Waals surface area contributed by atoms with Crippen LogP contribution in [0.5, 0.6) is 0 Å². The Bertz CT molecular complexity index is 508. The van der Waals surface area contributed by atoms with Crippen molar-refractivity contribution in [1.29, 1.82) is 0 Å². The van der Waals surface area contributed by atoms with Gasteiger partial charge in [-0.05, 0) is 0 Å². The summed E-state index contributed by atoms with van der Waals surface area (Å²) >= 11 is 0. The molecule has 3 nitrogen and oxygen atoms in total. The molecule has 0 aliphatic heterocycles. The normalized spacial score (nSPS) is 17.3. The van der Waals surface area contributed by atoms with Gasteiger partial charge < -0.3 is 0 Å². The summed E-state index contributed by atoms with van der Waals surface area (Å²) in [6.07, 6.45) is 9.78. The van der Waals surface area contributed by atoms with E-state index in [4.69, 9.17) is 13.3 Å². The van der Waals surface area contributed by atoms with E-state index in [2.05, 4.69) is 104 Å². The summed E-state index contributed by atoms with van der Waals surface area (Å²) in [5, 5.41) is 0. The van der Waals surface area contributed by atoms with Gasteiger partial charge >= 0.3 is 217 Å². The fourth-order valence-electron chi connectivity index (χ4n) is 7.09. The van der Waals surface area contributed by atoms with E-state index < -0.39 is 27.8 Å². The zero-order valence-electron chi connectivity index (χ0n) is 26.2. The molecule has 0 aromatic carbocycles. The maximum atomic E-state index is 7.56. The van der Waals surface area contributed by atoms with Gasteiger partial charge in [-0.15, -0.1) is 0 Å². The second kappa shape index (κ2) is 12.4. The van der Waals surface area contributed by atoms with Gasteiger partial charge in [0.2, 0.25) is 0 Å². The molecule has 0 heterocycles. The van der Waals surface area contributed by atoms with Crippen LogP contribution in [-0.2, 0) is 13.3 Å². The minimum atomic E-state index is -2.53. The topological polar surface area (TPSA) is 27.7 Å². The molecule has 0 radical (unpaired) electrons. The zero-order chi connectivity index (χ0) is 27.1. The van der Waals surface area contributed by atoms with Crippen molar-refractivity contribution >= 4 is 27.8 Å². The summed E-state index contributed by atoms with van der Waals surface area (Å²) in [6, 6.07) is 0. The van der Waals surface area contributed by atoms with Crippen molar-refractivity contribution in [2.75, 3.05) is 55.5 Å². The third kappa shape index (κ3) is 5.50. The third-order valence-electron chi connectivity index (χ3n) is 11.9. The van der Waals surface area contributed by atoms with E-state index in [1.165, 1.54) is 0 Å². The van der Waals surface area contributed by atoms with E-state index >= 15 is 0 Å². The molecule has 0 unspecified atom stereocenters. The average Bonchev–Trinajstić information content (AvgIpc) is 2.84. The second-order valence-electron chi connectivity index (χ2n) is 11.9. The molecule has 210 valence electrons. The molecule has 0 aliphatic carbocycles. The molecule has 0 aromatic heterocycles. The van der Waals surface area contributed by atoms with Crippen LogP contribution >= 0.6 is 20.5 Å². The van der Waals surface area contributed by atoms with Crippen LogP contribution in [0.15, 0.2) is 0 Å². The van der Waals surface area contributed by atoms with Gasteiger partial charge in [-0.1, -0.05) is 0 Å². The van der Waals surface area contributed by atoms with E-state index in [0.717, 1.165) is 55.5 Å². The molecule has 0 aromatic rings. The molecular formula is C27H66BO3P3. The van der Waals surface area contributed by atoms with Gasteiger partial charge in [0.1, 0.15) is 0 Å². The van der Waals surface area contributed by atoms with Crippen molar-refractivity contribution in [1.82, 2.24) is 0 Å². The van der Waals surface area contributed by atoms with Crippen LogP contribution in [0.1, 0.15) is 104 Å². The van der Waals surface area contributed by atoms with Crippen molar-refractivity contribution in [2.45, 2.75) is 121 Å². The van der Waals surface area contributed by atoms with Crippen LogP contribution in [0.25, 0.3) is 0 Å². The molecule has 7 heteroatoms. The van der Waals surface area contributed by atoms with Crippen LogP contribution in [0.2, 0.25) is 0 Å². The quantitative estimate of drug-likeness (QED) is 0.127. The van der Waals surface area contributed by atoms with Crippen molar-refractivity contribution in [3.63, 3.8) is 0 Å². The van der Waals surface area contributed by atoms with Crippen LogP contribution in [0.4, 0.5) is 0 Å². The molecular weight excluding hydrogens is 476 g/mol. The molecule has 0 saturated carbocycles. The minimum absolute atomic E-state index is 0.491. The Morgan fingerprint density at radius 2 is 0.529 bits per heavy atom. The zero-order valence-corrected chi connectivity index (χ0v) is 28.9. The average molecular weight is 543 g/mol. The van der Waals surface area contributed by atoms with Gasteiger partial charge in [0.05, 0.1) is 0 Å². The summed E-state index contributed by atoms with van der Waals surface area (Å²) in [6.45, 7) is 27.9. The Morgan fingerprint density at radius 3 is 0.618 bits per heavy atom. The molecule has 0 bridgehead atoms. The van der Waals surface area contributed by atoms with Crippen molar-refractivity contribution in [3.05, 3.63) is 0 Å². The van der Waals surface area contributed by atoms with Gasteiger partial charge in [-0.3, -0.25) is 0 Å². The summed E-state index contributed by atoms with van der Waals surface area (Å²) < 4.78 is 22.7. The van der Waals surface area contributed by atoms with E-state index in [-0.39, 0.29) is 0 Å². The van der Waals surface area contributed by atoms with Crippen molar-refractivity contribution in [3.8, 4) is 0 Å². The molecule has 0 amide bonds. The van der Waals surface area contributed by atoms with Crippen molar-refractivity contribution in [2.24, 2.45) is 0 Å². The SMILES string of the molecule is CCP(CC)(CC)(OB(OP(CC)(CC)(CC)C(C)C)OP(CC)(CC)(CC)C(C)C)C(C)C. The predicted molar refractivity (Wildman–Crippen MR) is 170 cm³/mol. The van der Waals surface area contributed by atoms with E-state index in [9.17, 15) is 0 Å². The van der Waals surface area contributed by atoms with E-state index in [0.29, 0.717) is 17.0 Å². The summed E-state index contributed by atoms with van der Waals surface area (Å²) in [5.41, 5.74) is 1.47. The van der Waals surface area contributed by atoms with Gasteiger partial charge in [0, 0.05) is 0 Å². The molecule has 0 spiro atoms. The van der Waals surface area contributed by atoms with E-state index in [1.54, 1.807) is 0 Å². The van der Waals surface area contributed by atoms with Crippen LogP contribution in [0.3, 0.4) is 0 Å². The van der Waals surface area contributed by atoms with Crippen LogP contribution in [0, 0.1) is 0 Å². The molecule has 0 aliphatic rings. The Labute approximate surface area is 217 Å². The van der Waals surface area contributed by atoms with Crippen LogP contribution < -0.4 is 0 Å². The standard InChI is InChI=1S/C27H66BO3P3/c1-16-32(17-2,18-3,25(10)11)29-28(30-33(19-4,20-5,21-6)26(12)13)31-34(22-7,23-8,24-9)27(14)15/h25-27H,16-24H2,1-15H3. The molecule has 0 rings (SSSR count). The van der Waals surface area contributed by atoms with Gasteiger partial charge in [0.25, 0.3) is 0 Å². The molecule has 0 N–H and O–H groups in total. The fourth-order valence-corrected chi connectivity index (χ4v) is 21.6. The van der Waals surface area contributed by atoms with Gasteiger partial charge in [0.15, 0.2) is 0 Å². The molecule has 34 heavy (non-hydrogen) atoms.